The summed E-state index contributed by atoms with van der Waals surface area (Å²) in [6, 6.07) is 19.3. The van der Waals surface area contributed by atoms with Gasteiger partial charge in [-0.05, 0) is 48.2 Å². The molecule has 4 rings (SSSR count). The minimum atomic E-state index is -0.670. The summed E-state index contributed by atoms with van der Waals surface area (Å²) in [5.74, 6) is -0.579. The molecule has 2 aromatic carbocycles. The summed E-state index contributed by atoms with van der Waals surface area (Å²) in [6.07, 6.45) is 3.34. The molecular weight excluding hydrogens is 378 g/mol. The predicted molar refractivity (Wildman–Crippen MR) is 116 cm³/mol. The molecule has 1 aromatic heterocycles. The Morgan fingerprint density at radius 1 is 1.03 bits per heavy atom. The van der Waals surface area contributed by atoms with Crippen LogP contribution < -0.4 is 15.5 Å². The molecule has 0 saturated heterocycles. The number of fused-ring (bicyclic) bond motifs is 1. The minimum absolute atomic E-state index is 0.191. The second-order valence-corrected chi connectivity index (χ2v) is 7.28. The average molecular weight is 403 g/mol. The zero-order chi connectivity index (χ0) is 20.9. The molecule has 2 N–H and O–H groups in total. The fourth-order valence-corrected chi connectivity index (χ4v) is 3.93. The summed E-state index contributed by atoms with van der Waals surface area (Å²) in [5, 5.41) is 5.50. The zero-order valence-corrected chi connectivity index (χ0v) is 16.9. The van der Waals surface area contributed by atoms with Gasteiger partial charge in [0.1, 0.15) is 11.8 Å². The number of carbonyl (C=O) groups excluding carboxylic acids is 2. The van der Waals surface area contributed by atoms with Gasteiger partial charge < -0.3 is 20.0 Å². The molecular formula is C24H25N3O3. The van der Waals surface area contributed by atoms with E-state index in [4.69, 9.17) is 4.42 Å². The molecule has 0 fully saturated rings. The van der Waals surface area contributed by atoms with Crippen LogP contribution in [0.5, 0.6) is 0 Å². The van der Waals surface area contributed by atoms with Gasteiger partial charge in [0.2, 0.25) is 0 Å². The van der Waals surface area contributed by atoms with E-state index in [0.29, 0.717) is 5.69 Å². The molecule has 6 heteroatoms. The van der Waals surface area contributed by atoms with Crippen LogP contribution in [0.2, 0.25) is 0 Å². The van der Waals surface area contributed by atoms with Crippen molar-refractivity contribution in [3.8, 4) is 0 Å². The zero-order valence-electron chi connectivity index (χ0n) is 16.9. The molecule has 0 saturated carbocycles. The lowest BCUT2D eigenvalue weighted by atomic mass is 10.1. The highest BCUT2D eigenvalue weighted by Crippen LogP contribution is 2.34. The fourth-order valence-electron chi connectivity index (χ4n) is 3.93. The first-order chi connectivity index (χ1) is 14.7. The summed E-state index contributed by atoms with van der Waals surface area (Å²) < 4.78 is 5.65. The normalized spacial score (nSPS) is 13.6. The van der Waals surface area contributed by atoms with Crippen LogP contribution in [0.3, 0.4) is 0 Å². The minimum Gasteiger partial charge on any atom is -0.467 e. The maximum atomic E-state index is 12.5. The third-order valence-corrected chi connectivity index (χ3v) is 5.48. The van der Waals surface area contributed by atoms with Crippen molar-refractivity contribution >= 4 is 23.2 Å². The summed E-state index contributed by atoms with van der Waals surface area (Å²) in [5.41, 5.74) is 4.06. The van der Waals surface area contributed by atoms with Crippen molar-refractivity contribution in [2.45, 2.75) is 25.8 Å². The molecule has 0 unspecified atom stereocenters. The molecule has 1 atom stereocenters. The second kappa shape index (κ2) is 8.86. The van der Waals surface area contributed by atoms with Crippen LogP contribution in [0.25, 0.3) is 0 Å². The highest BCUT2D eigenvalue weighted by Gasteiger charge is 2.29. The molecule has 0 spiro atoms. The number of rotatable bonds is 6. The molecule has 0 aliphatic carbocycles. The number of aryl methyl sites for hydroxylation is 1. The maximum absolute atomic E-state index is 12.5. The number of hydrogen-bond donors (Lipinski definition) is 2. The van der Waals surface area contributed by atoms with Crippen LogP contribution in [0, 0.1) is 0 Å². The number of anilines is 2. The Hall–Kier alpha value is -3.54. The van der Waals surface area contributed by atoms with Crippen molar-refractivity contribution in [1.29, 1.82) is 0 Å². The van der Waals surface area contributed by atoms with Crippen LogP contribution in [0.1, 0.15) is 29.9 Å². The average Bonchev–Trinajstić information content (AvgIpc) is 3.45. The highest BCUT2D eigenvalue weighted by atomic mass is 16.3. The van der Waals surface area contributed by atoms with Gasteiger partial charge in [-0.2, -0.15) is 0 Å². The number of para-hydroxylation sites is 2. The quantitative estimate of drug-likeness (QED) is 0.616. The van der Waals surface area contributed by atoms with E-state index in [1.807, 2.05) is 49.4 Å². The third kappa shape index (κ3) is 4.08. The van der Waals surface area contributed by atoms with E-state index in [1.165, 1.54) is 5.56 Å². The number of furan rings is 1. The number of amides is 2. The van der Waals surface area contributed by atoms with Crippen molar-refractivity contribution in [3.63, 3.8) is 0 Å². The molecule has 2 amide bonds. The Balaban J connectivity index is 1.45. The monoisotopic (exact) mass is 403 g/mol. The van der Waals surface area contributed by atoms with Gasteiger partial charge in [0.05, 0.1) is 6.26 Å². The molecule has 0 bridgehead atoms. The first-order valence-corrected chi connectivity index (χ1v) is 10.2. The summed E-state index contributed by atoms with van der Waals surface area (Å²) >= 11 is 0. The number of benzene rings is 2. The summed E-state index contributed by atoms with van der Waals surface area (Å²) in [7, 11) is 0. The van der Waals surface area contributed by atoms with E-state index in [-0.39, 0.29) is 12.6 Å². The smallest absolute Gasteiger partial charge is 0.313 e. The number of hydrogen-bond acceptors (Lipinski definition) is 4. The Kier molecular flexibility index (Phi) is 5.84. The van der Waals surface area contributed by atoms with E-state index in [9.17, 15) is 9.59 Å². The Bertz CT molecular complexity index is 1030. The largest absolute Gasteiger partial charge is 0.467 e. The van der Waals surface area contributed by atoms with Crippen LogP contribution in [-0.2, 0) is 22.4 Å². The molecule has 2 heterocycles. The van der Waals surface area contributed by atoms with E-state index in [0.717, 1.165) is 36.4 Å². The van der Waals surface area contributed by atoms with Gasteiger partial charge in [-0.25, -0.2) is 0 Å². The number of carbonyl (C=O) groups is 2. The lowest BCUT2D eigenvalue weighted by Crippen LogP contribution is -2.41. The first kappa shape index (κ1) is 19.8. The van der Waals surface area contributed by atoms with Crippen LogP contribution in [-0.4, -0.2) is 24.9 Å². The van der Waals surface area contributed by atoms with Gasteiger partial charge in [-0.1, -0.05) is 43.3 Å². The Morgan fingerprint density at radius 3 is 2.63 bits per heavy atom. The fraction of sp³-hybridized carbons (Fsp3) is 0.250. The van der Waals surface area contributed by atoms with E-state index < -0.39 is 11.8 Å². The Morgan fingerprint density at radius 2 is 1.83 bits per heavy atom. The highest BCUT2D eigenvalue weighted by molar-refractivity contribution is 6.39. The van der Waals surface area contributed by atoms with E-state index >= 15 is 0 Å². The third-order valence-electron chi connectivity index (χ3n) is 5.48. The van der Waals surface area contributed by atoms with Crippen molar-refractivity contribution in [2.24, 2.45) is 0 Å². The SMILES string of the molecule is CCc1ccccc1NC(=O)C(=O)NC[C@H](c1ccco1)N1CCc2ccccc21. The molecule has 30 heavy (non-hydrogen) atoms. The van der Waals surface area contributed by atoms with Crippen molar-refractivity contribution in [2.75, 3.05) is 23.3 Å². The van der Waals surface area contributed by atoms with Crippen molar-refractivity contribution in [3.05, 3.63) is 83.8 Å². The maximum Gasteiger partial charge on any atom is 0.313 e. The van der Waals surface area contributed by atoms with Gasteiger partial charge in [-0.15, -0.1) is 0 Å². The summed E-state index contributed by atoms with van der Waals surface area (Å²) in [4.78, 5) is 27.2. The molecule has 3 aromatic rings. The van der Waals surface area contributed by atoms with E-state index in [1.54, 1.807) is 12.3 Å². The van der Waals surface area contributed by atoms with Crippen LogP contribution in [0.4, 0.5) is 11.4 Å². The molecule has 0 radical (unpaired) electrons. The topological polar surface area (TPSA) is 74.6 Å². The van der Waals surface area contributed by atoms with Crippen LogP contribution >= 0.6 is 0 Å². The van der Waals surface area contributed by atoms with Crippen molar-refractivity contribution in [1.82, 2.24) is 5.32 Å². The lowest BCUT2D eigenvalue weighted by Gasteiger charge is -2.29. The number of nitrogens with one attached hydrogen (secondary N) is 2. The van der Waals surface area contributed by atoms with Gasteiger partial charge >= 0.3 is 11.8 Å². The van der Waals surface area contributed by atoms with E-state index in [2.05, 4.69) is 27.7 Å². The first-order valence-electron chi connectivity index (χ1n) is 10.2. The van der Waals surface area contributed by atoms with Gasteiger partial charge in [-0.3, -0.25) is 9.59 Å². The van der Waals surface area contributed by atoms with Gasteiger partial charge in [0, 0.05) is 24.5 Å². The Labute approximate surface area is 175 Å². The lowest BCUT2D eigenvalue weighted by molar-refractivity contribution is -0.136. The standard InChI is InChI=1S/C24H25N3O3/c1-2-17-8-3-5-10-19(17)26-24(29)23(28)25-16-21(22-12-7-15-30-22)27-14-13-18-9-4-6-11-20(18)27/h3-12,15,21H,2,13-14,16H2,1H3,(H,25,28)(H,26,29)/t21-/m1/s1. The summed E-state index contributed by atoms with van der Waals surface area (Å²) in [6.45, 7) is 3.10. The van der Waals surface area contributed by atoms with Gasteiger partial charge in [0.15, 0.2) is 0 Å². The van der Waals surface area contributed by atoms with Gasteiger partial charge in [0.25, 0.3) is 0 Å². The van der Waals surface area contributed by atoms with Crippen molar-refractivity contribution < 1.29 is 14.0 Å². The molecule has 1 aliphatic heterocycles. The van der Waals surface area contributed by atoms with Crippen LogP contribution in [0.15, 0.2) is 71.3 Å². The molecule has 154 valence electrons. The molecule has 1 aliphatic rings. The number of nitrogens with zero attached hydrogens (tertiary/aromatic N) is 1. The predicted octanol–water partition coefficient (Wildman–Crippen LogP) is 3.70. The second-order valence-electron chi connectivity index (χ2n) is 7.28. The molecule has 6 nitrogen and oxygen atoms in total.